The predicted molar refractivity (Wildman–Crippen MR) is 99.4 cm³/mol. The first-order valence-corrected chi connectivity index (χ1v) is 9.67. The van der Waals surface area contributed by atoms with Crippen LogP contribution in [-0.2, 0) is 23.0 Å². The lowest BCUT2D eigenvalue weighted by molar-refractivity contribution is 0.437. The molecule has 0 aromatic heterocycles. The standard InChI is InChI=1S/C20H25NO2S/c1-4-8-18-11-13-20(14-12-18)24(22,23)21(15-5-2)16-19-10-7-6-9-17(19)3/h5-7,9-14H,2,4,8,15-16H2,1,3H3. The molecule has 2 rings (SSSR count). The average Bonchev–Trinajstić information content (AvgIpc) is 2.57. The molecule has 0 unspecified atom stereocenters. The van der Waals surface area contributed by atoms with Gasteiger partial charge in [0.05, 0.1) is 4.90 Å². The molecule has 24 heavy (non-hydrogen) atoms. The summed E-state index contributed by atoms with van der Waals surface area (Å²) in [6.07, 6.45) is 3.63. The topological polar surface area (TPSA) is 37.4 Å². The quantitative estimate of drug-likeness (QED) is 0.669. The zero-order valence-electron chi connectivity index (χ0n) is 14.4. The van der Waals surface area contributed by atoms with E-state index in [0.29, 0.717) is 11.4 Å². The third kappa shape index (κ3) is 4.34. The Labute approximate surface area is 145 Å². The monoisotopic (exact) mass is 343 g/mol. The third-order valence-electron chi connectivity index (χ3n) is 4.04. The SMILES string of the molecule is C=CCN(Cc1ccccc1C)S(=O)(=O)c1ccc(CCC)cc1. The van der Waals surface area contributed by atoms with Crippen molar-refractivity contribution < 1.29 is 8.42 Å². The van der Waals surface area contributed by atoms with Gasteiger partial charge in [-0.25, -0.2) is 8.42 Å². The van der Waals surface area contributed by atoms with Crippen molar-refractivity contribution in [2.45, 2.75) is 38.1 Å². The van der Waals surface area contributed by atoms with Crippen LogP contribution in [0.4, 0.5) is 0 Å². The van der Waals surface area contributed by atoms with Gasteiger partial charge in [-0.05, 0) is 42.2 Å². The van der Waals surface area contributed by atoms with Crippen molar-refractivity contribution in [2.75, 3.05) is 6.54 Å². The van der Waals surface area contributed by atoms with Gasteiger partial charge < -0.3 is 0 Å². The molecule has 3 nitrogen and oxygen atoms in total. The van der Waals surface area contributed by atoms with Crippen LogP contribution in [0.15, 0.2) is 66.1 Å². The number of hydrogen-bond donors (Lipinski definition) is 0. The van der Waals surface area contributed by atoms with Gasteiger partial charge >= 0.3 is 0 Å². The highest BCUT2D eigenvalue weighted by molar-refractivity contribution is 7.89. The molecule has 0 aliphatic carbocycles. The number of sulfonamides is 1. The Morgan fingerprint density at radius 3 is 2.33 bits per heavy atom. The van der Waals surface area contributed by atoms with E-state index >= 15 is 0 Å². The fourth-order valence-corrected chi connectivity index (χ4v) is 4.02. The maximum Gasteiger partial charge on any atom is 0.243 e. The van der Waals surface area contributed by atoms with E-state index in [1.165, 1.54) is 4.31 Å². The largest absolute Gasteiger partial charge is 0.243 e. The van der Waals surface area contributed by atoms with E-state index in [1.54, 1.807) is 18.2 Å². The molecule has 0 bridgehead atoms. The van der Waals surface area contributed by atoms with Crippen molar-refractivity contribution in [2.24, 2.45) is 0 Å². The van der Waals surface area contributed by atoms with E-state index in [-0.39, 0.29) is 6.54 Å². The van der Waals surface area contributed by atoms with Crippen LogP contribution < -0.4 is 0 Å². The van der Waals surface area contributed by atoms with Crippen molar-refractivity contribution in [3.63, 3.8) is 0 Å². The lowest BCUT2D eigenvalue weighted by Crippen LogP contribution is -2.31. The predicted octanol–water partition coefficient (Wildman–Crippen LogP) is 4.32. The Bertz CT molecular complexity index is 780. The molecular formula is C20H25NO2S. The van der Waals surface area contributed by atoms with Crippen molar-refractivity contribution >= 4 is 10.0 Å². The Morgan fingerprint density at radius 2 is 1.75 bits per heavy atom. The molecule has 0 atom stereocenters. The normalized spacial score (nSPS) is 11.6. The van der Waals surface area contributed by atoms with E-state index in [1.807, 2.05) is 43.3 Å². The summed E-state index contributed by atoms with van der Waals surface area (Å²) >= 11 is 0. The number of benzene rings is 2. The molecule has 4 heteroatoms. The molecule has 2 aromatic carbocycles. The molecule has 0 fully saturated rings. The van der Waals surface area contributed by atoms with Gasteiger partial charge in [0.2, 0.25) is 10.0 Å². The van der Waals surface area contributed by atoms with Gasteiger partial charge in [-0.1, -0.05) is 55.8 Å². The molecule has 0 saturated carbocycles. The molecular weight excluding hydrogens is 318 g/mol. The van der Waals surface area contributed by atoms with Gasteiger partial charge in [0.15, 0.2) is 0 Å². The van der Waals surface area contributed by atoms with Crippen LogP contribution in [0.2, 0.25) is 0 Å². The van der Waals surface area contributed by atoms with Crippen molar-refractivity contribution in [1.29, 1.82) is 0 Å². The first kappa shape index (κ1) is 18.4. The Hall–Kier alpha value is -1.91. The van der Waals surface area contributed by atoms with E-state index in [4.69, 9.17) is 0 Å². The molecule has 0 radical (unpaired) electrons. The minimum absolute atomic E-state index is 0.285. The van der Waals surface area contributed by atoms with Gasteiger partial charge in [-0.3, -0.25) is 0 Å². The molecule has 2 aromatic rings. The summed E-state index contributed by atoms with van der Waals surface area (Å²) in [6.45, 7) is 8.44. The highest BCUT2D eigenvalue weighted by atomic mass is 32.2. The number of rotatable bonds is 8. The number of aryl methyl sites for hydroxylation is 2. The molecule has 128 valence electrons. The van der Waals surface area contributed by atoms with Crippen molar-refractivity contribution in [3.05, 3.63) is 77.9 Å². The molecule has 0 saturated heterocycles. The molecule has 0 N–H and O–H groups in total. The lowest BCUT2D eigenvalue weighted by Gasteiger charge is -2.22. The molecule has 0 aliphatic rings. The van der Waals surface area contributed by atoms with Gasteiger partial charge in [-0.2, -0.15) is 4.31 Å². The number of nitrogens with zero attached hydrogens (tertiary/aromatic N) is 1. The fraction of sp³-hybridized carbons (Fsp3) is 0.300. The summed E-state index contributed by atoms with van der Waals surface area (Å²) in [5.74, 6) is 0. The van der Waals surface area contributed by atoms with Crippen LogP contribution >= 0.6 is 0 Å². The smallest absolute Gasteiger partial charge is 0.207 e. The lowest BCUT2D eigenvalue weighted by atomic mass is 10.1. The van der Waals surface area contributed by atoms with Gasteiger partial charge in [0.25, 0.3) is 0 Å². The Morgan fingerprint density at radius 1 is 1.08 bits per heavy atom. The minimum atomic E-state index is -3.55. The Balaban J connectivity index is 2.31. The second-order valence-corrected chi connectivity index (χ2v) is 7.84. The summed E-state index contributed by atoms with van der Waals surface area (Å²) in [5, 5.41) is 0. The van der Waals surface area contributed by atoms with Crippen LogP contribution in [0, 0.1) is 6.92 Å². The summed E-state index contributed by atoms with van der Waals surface area (Å²) in [4.78, 5) is 0.331. The molecule has 0 heterocycles. The Kier molecular flexibility index (Phi) is 6.35. The highest BCUT2D eigenvalue weighted by Crippen LogP contribution is 2.20. The number of hydrogen-bond acceptors (Lipinski definition) is 2. The van der Waals surface area contributed by atoms with Crippen LogP contribution in [0.3, 0.4) is 0 Å². The van der Waals surface area contributed by atoms with Crippen LogP contribution in [0.1, 0.15) is 30.0 Å². The van der Waals surface area contributed by atoms with Crippen molar-refractivity contribution in [1.82, 2.24) is 4.31 Å². The van der Waals surface area contributed by atoms with Crippen LogP contribution in [0.5, 0.6) is 0 Å². The average molecular weight is 343 g/mol. The molecule has 0 amide bonds. The van der Waals surface area contributed by atoms with E-state index < -0.39 is 10.0 Å². The second kappa shape index (κ2) is 8.27. The summed E-state index contributed by atoms with van der Waals surface area (Å²) in [5.41, 5.74) is 3.25. The third-order valence-corrected chi connectivity index (χ3v) is 5.87. The van der Waals surface area contributed by atoms with E-state index in [2.05, 4.69) is 13.5 Å². The second-order valence-electron chi connectivity index (χ2n) is 5.91. The van der Waals surface area contributed by atoms with Gasteiger partial charge in [0, 0.05) is 13.1 Å². The minimum Gasteiger partial charge on any atom is -0.207 e. The van der Waals surface area contributed by atoms with E-state index in [0.717, 1.165) is 29.5 Å². The maximum absolute atomic E-state index is 13.0. The zero-order chi connectivity index (χ0) is 17.6. The van der Waals surface area contributed by atoms with E-state index in [9.17, 15) is 8.42 Å². The fourth-order valence-electron chi connectivity index (χ4n) is 2.63. The van der Waals surface area contributed by atoms with Crippen LogP contribution in [-0.4, -0.2) is 19.3 Å². The highest BCUT2D eigenvalue weighted by Gasteiger charge is 2.24. The van der Waals surface area contributed by atoms with Crippen molar-refractivity contribution in [3.8, 4) is 0 Å². The summed E-state index contributed by atoms with van der Waals surface area (Å²) in [7, 11) is -3.55. The molecule has 0 aliphatic heterocycles. The summed E-state index contributed by atoms with van der Waals surface area (Å²) in [6, 6.07) is 15.0. The van der Waals surface area contributed by atoms with Crippen LogP contribution in [0.25, 0.3) is 0 Å². The first-order chi connectivity index (χ1) is 11.5. The molecule has 0 spiro atoms. The van der Waals surface area contributed by atoms with Gasteiger partial charge in [0.1, 0.15) is 0 Å². The first-order valence-electron chi connectivity index (χ1n) is 8.23. The maximum atomic E-state index is 13.0. The van der Waals surface area contributed by atoms with Gasteiger partial charge in [-0.15, -0.1) is 6.58 Å². The zero-order valence-corrected chi connectivity index (χ0v) is 15.2. The summed E-state index contributed by atoms with van der Waals surface area (Å²) < 4.78 is 27.4.